The molecule has 2 aromatic rings. The Labute approximate surface area is 107 Å². The van der Waals surface area contributed by atoms with Crippen molar-refractivity contribution in [2.75, 3.05) is 32.8 Å². The van der Waals surface area contributed by atoms with Gasteiger partial charge in [-0.3, -0.25) is 4.90 Å². The zero-order valence-corrected chi connectivity index (χ0v) is 10.4. The van der Waals surface area contributed by atoms with E-state index in [4.69, 9.17) is 0 Å². The average molecular weight is 245 g/mol. The van der Waals surface area contributed by atoms with Crippen LogP contribution in [0, 0.1) is 0 Å². The molecule has 1 aliphatic rings. The third-order valence-electron chi connectivity index (χ3n) is 3.75. The van der Waals surface area contributed by atoms with Crippen LogP contribution in [0.5, 0.6) is 0 Å². The molecule has 3 rings (SSSR count). The van der Waals surface area contributed by atoms with Gasteiger partial charge in [0.25, 0.3) is 0 Å². The number of rotatable bonds is 3. The predicted molar refractivity (Wildman–Crippen MR) is 72.6 cm³/mol. The number of piperazine rings is 1. The third-order valence-corrected chi connectivity index (χ3v) is 3.75. The van der Waals surface area contributed by atoms with Crippen LogP contribution in [0.25, 0.3) is 10.9 Å². The Morgan fingerprint density at radius 3 is 2.83 bits per heavy atom. The highest BCUT2D eigenvalue weighted by molar-refractivity contribution is 5.83. The monoisotopic (exact) mass is 245 g/mol. The Morgan fingerprint density at radius 2 is 2.06 bits per heavy atom. The van der Waals surface area contributed by atoms with E-state index in [0.717, 1.165) is 31.7 Å². The summed E-state index contributed by atoms with van der Waals surface area (Å²) in [6.45, 7) is 4.15. The number of aromatic nitrogens is 1. The van der Waals surface area contributed by atoms with Crippen molar-refractivity contribution in [3.63, 3.8) is 0 Å². The van der Waals surface area contributed by atoms with Gasteiger partial charge in [0.15, 0.2) is 0 Å². The molecule has 4 nitrogen and oxygen atoms in total. The Hall–Kier alpha value is -1.36. The van der Waals surface area contributed by atoms with Gasteiger partial charge in [0.2, 0.25) is 0 Å². The number of hydrogen-bond acceptors (Lipinski definition) is 3. The predicted octanol–water partition coefficient (Wildman–Crippen LogP) is 1.11. The fraction of sp³-hybridized carbons (Fsp3) is 0.429. The number of H-pyrrole nitrogens is 1. The SMILES string of the molecule is OC[C@@H](c1cccc2[nH]ccc12)N1CCNCC1. The van der Waals surface area contributed by atoms with Crippen molar-refractivity contribution < 1.29 is 5.11 Å². The number of aromatic amines is 1. The van der Waals surface area contributed by atoms with Crippen LogP contribution in [-0.2, 0) is 0 Å². The summed E-state index contributed by atoms with van der Waals surface area (Å²) in [5.41, 5.74) is 2.36. The number of nitrogens with one attached hydrogen (secondary N) is 2. The minimum Gasteiger partial charge on any atom is -0.394 e. The number of fused-ring (bicyclic) bond motifs is 1. The number of nitrogens with zero attached hydrogens (tertiary/aromatic N) is 1. The fourth-order valence-corrected chi connectivity index (χ4v) is 2.80. The maximum atomic E-state index is 9.76. The van der Waals surface area contributed by atoms with Gasteiger partial charge in [-0.1, -0.05) is 12.1 Å². The summed E-state index contributed by atoms with van der Waals surface area (Å²) in [4.78, 5) is 5.59. The molecule has 1 fully saturated rings. The van der Waals surface area contributed by atoms with E-state index in [9.17, 15) is 5.11 Å². The molecule has 0 bridgehead atoms. The van der Waals surface area contributed by atoms with Crippen LogP contribution in [0.2, 0.25) is 0 Å². The van der Waals surface area contributed by atoms with E-state index in [1.807, 2.05) is 6.20 Å². The Kier molecular flexibility index (Phi) is 3.32. The Bertz CT molecular complexity index is 516. The summed E-state index contributed by atoms with van der Waals surface area (Å²) in [6, 6.07) is 8.45. The first-order chi connectivity index (χ1) is 8.90. The summed E-state index contributed by atoms with van der Waals surface area (Å²) in [5.74, 6) is 0. The van der Waals surface area contributed by atoms with E-state index in [1.165, 1.54) is 10.9 Å². The lowest BCUT2D eigenvalue weighted by molar-refractivity contribution is 0.111. The molecule has 0 radical (unpaired) electrons. The van der Waals surface area contributed by atoms with Gasteiger partial charge in [-0.05, 0) is 17.7 Å². The van der Waals surface area contributed by atoms with E-state index >= 15 is 0 Å². The number of hydrogen-bond donors (Lipinski definition) is 3. The Balaban J connectivity index is 1.97. The highest BCUT2D eigenvalue weighted by atomic mass is 16.3. The molecule has 1 saturated heterocycles. The largest absolute Gasteiger partial charge is 0.394 e. The lowest BCUT2D eigenvalue weighted by Gasteiger charge is -2.34. The summed E-state index contributed by atoms with van der Waals surface area (Å²) >= 11 is 0. The fourth-order valence-electron chi connectivity index (χ4n) is 2.80. The highest BCUT2D eigenvalue weighted by Crippen LogP contribution is 2.27. The van der Waals surface area contributed by atoms with Crippen molar-refractivity contribution in [2.45, 2.75) is 6.04 Å². The zero-order chi connectivity index (χ0) is 12.4. The van der Waals surface area contributed by atoms with Gasteiger partial charge in [0.05, 0.1) is 12.6 Å². The normalized spacial score (nSPS) is 19.2. The van der Waals surface area contributed by atoms with Crippen molar-refractivity contribution in [3.8, 4) is 0 Å². The quantitative estimate of drug-likeness (QED) is 0.759. The van der Waals surface area contributed by atoms with Crippen LogP contribution in [0.4, 0.5) is 0 Å². The van der Waals surface area contributed by atoms with Crippen molar-refractivity contribution in [2.24, 2.45) is 0 Å². The average Bonchev–Trinajstić information content (AvgIpc) is 2.90. The van der Waals surface area contributed by atoms with Crippen LogP contribution >= 0.6 is 0 Å². The van der Waals surface area contributed by atoms with Gasteiger partial charge < -0.3 is 15.4 Å². The lowest BCUT2D eigenvalue weighted by atomic mass is 10.0. The van der Waals surface area contributed by atoms with Gasteiger partial charge in [0.1, 0.15) is 0 Å². The first kappa shape index (κ1) is 11.7. The zero-order valence-electron chi connectivity index (χ0n) is 10.4. The van der Waals surface area contributed by atoms with Crippen LogP contribution in [0.3, 0.4) is 0 Å². The number of benzene rings is 1. The topological polar surface area (TPSA) is 51.3 Å². The molecule has 1 atom stereocenters. The molecule has 2 heterocycles. The van der Waals surface area contributed by atoms with Gasteiger partial charge >= 0.3 is 0 Å². The second-order valence-corrected chi connectivity index (χ2v) is 4.77. The van der Waals surface area contributed by atoms with Crippen molar-refractivity contribution in [1.29, 1.82) is 0 Å². The van der Waals surface area contributed by atoms with Crippen molar-refractivity contribution >= 4 is 10.9 Å². The van der Waals surface area contributed by atoms with Crippen LogP contribution in [0.15, 0.2) is 30.5 Å². The first-order valence-electron chi connectivity index (χ1n) is 6.52. The van der Waals surface area contributed by atoms with Gasteiger partial charge in [-0.15, -0.1) is 0 Å². The molecular weight excluding hydrogens is 226 g/mol. The summed E-state index contributed by atoms with van der Waals surface area (Å²) in [6.07, 6.45) is 1.96. The molecule has 0 amide bonds. The molecule has 1 aliphatic heterocycles. The van der Waals surface area contributed by atoms with Crippen LogP contribution < -0.4 is 5.32 Å². The molecule has 0 saturated carbocycles. The highest BCUT2D eigenvalue weighted by Gasteiger charge is 2.22. The minimum atomic E-state index is 0.103. The standard InChI is InChI=1S/C14H19N3O/c18-10-14(17-8-6-15-7-9-17)12-2-1-3-13-11(12)4-5-16-13/h1-5,14-16,18H,6-10H2/t14-/m0/s1. The van der Waals surface area contributed by atoms with E-state index in [2.05, 4.69) is 39.5 Å². The molecular formula is C14H19N3O. The summed E-state index contributed by atoms with van der Waals surface area (Å²) < 4.78 is 0. The molecule has 4 heteroatoms. The molecule has 96 valence electrons. The molecule has 3 N–H and O–H groups in total. The maximum absolute atomic E-state index is 9.76. The summed E-state index contributed by atoms with van der Waals surface area (Å²) in [5, 5.41) is 14.3. The molecule has 18 heavy (non-hydrogen) atoms. The molecule has 0 spiro atoms. The molecule has 0 unspecified atom stereocenters. The second-order valence-electron chi connectivity index (χ2n) is 4.77. The summed E-state index contributed by atoms with van der Waals surface area (Å²) in [7, 11) is 0. The Morgan fingerprint density at radius 1 is 1.22 bits per heavy atom. The van der Waals surface area contributed by atoms with Gasteiger partial charge in [0, 0.05) is 43.3 Å². The molecule has 1 aromatic carbocycles. The number of aliphatic hydroxyl groups is 1. The smallest absolute Gasteiger partial charge is 0.0628 e. The van der Waals surface area contributed by atoms with Crippen molar-refractivity contribution in [3.05, 3.63) is 36.0 Å². The first-order valence-corrected chi connectivity index (χ1v) is 6.52. The van der Waals surface area contributed by atoms with Gasteiger partial charge in [-0.25, -0.2) is 0 Å². The van der Waals surface area contributed by atoms with E-state index in [-0.39, 0.29) is 12.6 Å². The maximum Gasteiger partial charge on any atom is 0.0628 e. The molecule has 1 aromatic heterocycles. The minimum absolute atomic E-state index is 0.103. The second kappa shape index (κ2) is 5.10. The van der Waals surface area contributed by atoms with E-state index < -0.39 is 0 Å². The van der Waals surface area contributed by atoms with Crippen molar-refractivity contribution in [1.82, 2.24) is 15.2 Å². The van der Waals surface area contributed by atoms with Crippen LogP contribution in [0.1, 0.15) is 11.6 Å². The third kappa shape index (κ3) is 2.03. The van der Waals surface area contributed by atoms with Gasteiger partial charge in [-0.2, -0.15) is 0 Å². The lowest BCUT2D eigenvalue weighted by Crippen LogP contribution is -2.46. The van der Waals surface area contributed by atoms with E-state index in [0.29, 0.717) is 0 Å². The number of aliphatic hydroxyl groups excluding tert-OH is 1. The molecule has 0 aliphatic carbocycles. The van der Waals surface area contributed by atoms with Crippen LogP contribution in [-0.4, -0.2) is 47.8 Å². The van der Waals surface area contributed by atoms with E-state index in [1.54, 1.807) is 0 Å².